The Bertz CT molecular complexity index is 2470. The van der Waals surface area contributed by atoms with E-state index >= 15 is 0 Å². The monoisotopic (exact) mass is 957 g/mol. The number of rotatable bonds is 24. The summed E-state index contributed by atoms with van der Waals surface area (Å²) in [5, 5.41) is 14.4. The molecule has 0 aliphatic rings. The maximum absolute atomic E-state index is 12.5. The number of unbranched alkanes of at least 4 members (excludes halogenated alkanes) is 1. The van der Waals surface area contributed by atoms with Crippen LogP contribution in [0, 0.1) is 17.1 Å². The third-order valence-corrected chi connectivity index (χ3v) is 13.0. The predicted octanol–water partition coefficient (Wildman–Crippen LogP) is 7.12. The van der Waals surface area contributed by atoms with Gasteiger partial charge in [0.25, 0.3) is 10.0 Å². The van der Waals surface area contributed by atoms with E-state index in [4.69, 9.17) is 38.7 Å². The molecule has 0 fully saturated rings. The Hall–Kier alpha value is -5.78. The van der Waals surface area contributed by atoms with Gasteiger partial charge in [0.1, 0.15) is 52.8 Å². The van der Waals surface area contributed by atoms with Gasteiger partial charge in [-0.1, -0.05) is 36.4 Å². The van der Waals surface area contributed by atoms with Gasteiger partial charge >= 0.3 is 19.8 Å². The number of sulfonamides is 1. The van der Waals surface area contributed by atoms with Crippen molar-refractivity contribution in [1.82, 2.24) is 20.3 Å². The van der Waals surface area contributed by atoms with Gasteiger partial charge < -0.3 is 49.0 Å². The molecule has 0 radical (unpaired) electrons. The first kappa shape index (κ1) is 51.9. The number of nitrogens with one attached hydrogen (secondary N) is 3. The minimum absolute atomic E-state index is 0.0608. The smallest absolute Gasteiger partial charge is 0.407 e. The highest BCUT2D eigenvalue weighted by atomic mass is 32.2. The maximum Gasteiger partial charge on any atom is 0.407 e. The molecule has 4 aromatic carbocycles. The lowest BCUT2D eigenvalue weighted by molar-refractivity contribution is 0.137. The van der Waals surface area contributed by atoms with Gasteiger partial charge in [0, 0.05) is 24.3 Å². The average molecular weight is 958 g/mol. The molecule has 65 heavy (non-hydrogen) atoms. The van der Waals surface area contributed by atoms with E-state index in [1.807, 2.05) is 29.0 Å². The SMILES string of the molecule is COc1ccc(COC(=O)NCCCCN(CCCNC(=O)OCc2ccc(OC)cc2)CCCOc2ccc3sc(S(=O)(=O)NCP(=O)(O)O)cc3c2)cc1.N#Cc1ccccc1F. The summed E-state index contributed by atoms with van der Waals surface area (Å²) >= 11 is 0.987. The lowest BCUT2D eigenvalue weighted by Gasteiger charge is -2.22. The maximum atomic E-state index is 12.5. The van der Waals surface area contributed by atoms with Crippen LogP contribution in [0.3, 0.4) is 0 Å². The van der Waals surface area contributed by atoms with Crippen molar-refractivity contribution in [3.8, 4) is 23.3 Å². The van der Waals surface area contributed by atoms with Crippen molar-refractivity contribution in [2.45, 2.75) is 43.1 Å². The summed E-state index contributed by atoms with van der Waals surface area (Å²) in [4.78, 5) is 44.8. The van der Waals surface area contributed by atoms with Gasteiger partial charge in [-0.2, -0.15) is 9.98 Å². The molecule has 0 spiro atoms. The van der Waals surface area contributed by atoms with Gasteiger partial charge in [0.15, 0.2) is 0 Å². The highest BCUT2D eigenvalue weighted by Gasteiger charge is 2.22. The Morgan fingerprint density at radius 3 is 1.88 bits per heavy atom. The number of fused-ring (bicyclic) bond motifs is 1. The van der Waals surface area contributed by atoms with Crippen LogP contribution in [0.4, 0.5) is 14.0 Å². The lowest BCUT2D eigenvalue weighted by Crippen LogP contribution is -2.32. The van der Waals surface area contributed by atoms with Crippen LogP contribution in [0.5, 0.6) is 17.2 Å². The fourth-order valence-electron chi connectivity index (χ4n) is 5.81. The minimum atomic E-state index is -4.56. The molecular weight excluding hydrogens is 905 g/mol. The van der Waals surface area contributed by atoms with Crippen molar-refractivity contribution >= 4 is 51.2 Å². The summed E-state index contributed by atoms with van der Waals surface area (Å²) in [6.07, 6.45) is 0.915. The van der Waals surface area contributed by atoms with Crippen LogP contribution < -0.4 is 29.6 Å². The summed E-state index contributed by atoms with van der Waals surface area (Å²) in [6.45, 7) is 3.70. The number of nitrogens with zero attached hydrogens (tertiary/aromatic N) is 2. The van der Waals surface area contributed by atoms with Crippen molar-refractivity contribution in [1.29, 1.82) is 5.26 Å². The second kappa shape index (κ2) is 26.9. The fraction of sp³-hybridized carbons (Fsp3) is 0.341. The largest absolute Gasteiger partial charge is 0.497 e. The molecule has 0 saturated carbocycles. The van der Waals surface area contributed by atoms with E-state index in [9.17, 15) is 27.0 Å². The molecule has 5 rings (SSSR count). The zero-order chi connectivity index (χ0) is 47.1. The van der Waals surface area contributed by atoms with Crippen LogP contribution in [0.15, 0.2) is 101 Å². The first-order chi connectivity index (χ1) is 31.2. The van der Waals surface area contributed by atoms with E-state index in [2.05, 4.69) is 15.5 Å². The number of alkyl carbamates (subject to hydrolysis) is 2. The topological polar surface area (TPSA) is 235 Å². The summed E-state index contributed by atoms with van der Waals surface area (Å²) in [7, 11) is -5.48. The van der Waals surface area contributed by atoms with Gasteiger partial charge in [0.05, 0.1) is 26.4 Å². The van der Waals surface area contributed by atoms with E-state index < -0.39 is 41.9 Å². The summed E-state index contributed by atoms with van der Waals surface area (Å²) in [5.41, 5.74) is 1.79. The summed E-state index contributed by atoms with van der Waals surface area (Å²) < 4.78 is 78.1. The Balaban J connectivity index is 0.000000913. The molecule has 5 N–H and O–H groups in total. The second-order valence-electron chi connectivity index (χ2n) is 14.1. The number of nitriles is 1. The van der Waals surface area contributed by atoms with Crippen molar-refractivity contribution in [3.63, 3.8) is 0 Å². The van der Waals surface area contributed by atoms with E-state index in [-0.39, 0.29) is 23.0 Å². The Labute approximate surface area is 381 Å². The molecule has 350 valence electrons. The molecule has 0 aliphatic heterocycles. The molecule has 0 atom stereocenters. The second-order valence-corrected chi connectivity index (χ2v) is 18.9. The Morgan fingerprint density at radius 2 is 1.32 bits per heavy atom. The lowest BCUT2D eigenvalue weighted by atomic mass is 10.2. The molecule has 2 amide bonds. The van der Waals surface area contributed by atoms with Gasteiger partial charge in [-0.25, -0.2) is 22.4 Å². The molecule has 0 bridgehead atoms. The van der Waals surface area contributed by atoms with Crippen molar-refractivity contribution < 1.29 is 60.4 Å². The Kier molecular flexibility index (Phi) is 21.4. The molecule has 21 heteroatoms. The predicted molar refractivity (Wildman–Crippen MR) is 243 cm³/mol. The van der Waals surface area contributed by atoms with Crippen molar-refractivity contribution in [3.05, 3.63) is 120 Å². The van der Waals surface area contributed by atoms with Crippen LogP contribution >= 0.6 is 18.9 Å². The number of methoxy groups -OCH3 is 2. The van der Waals surface area contributed by atoms with Crippen LogP contribution in [0.1, 0.15) is 42.4 Å². The number of thiophene rings is 1. The fourth-order valence-corrected chi connectivity index (χ4v) is 9.25. The van der Waals surface area contributed by atoms with Crippen LogP contribution in [-0.2, 0) is 37.3 Å². The van der Waals surface area contributed by atoms with Gasteiger partial charge in [-0.05, 0) is 116 Å². The molecule has 0 unspecified atom stereocenters. The zero-order valence-corrected chi connectivity index (χ0v) is 38.5. The number of benzene rings is 4. The van der Waals surface area contributed by atoms with Crippen molar-refractivity contribution in [2.24, 2.45) is 0 Å². The number of carbonyl (C=O) groups is 2. The first-order valence-electron chi connectivity index (χ1n) is 20.3. The number of hydrogen-bond donors (Lipinski definition) is 5. The van der Waals surface area contributed by atoms with Gasteiger partial charge in [0.2, 0.25) is 0 Å². The number of ether oxygens (including phenoxy) is 5. The average Bonchev–Trinajstić information content (AvgIpc) is 3.75. The molecule has 0 aliphatic carbocycles. The van der Waals surface area contributed by atoms with Gasteiger partial charge in [-0.15, -0.1) is 11.3 Å². The van der Waals surface area contributed by atoms with E-state index in [1.54, 1.807) is 74.9 Å². The highest BCUT2D eigenvalue weighted by molar-refractivity contribution is 7.92. The van der Waals surface area contributed by atoms with E-state index in [0.29, 0.717) is 61.5 Å². The molecule has 0 saturated heterocycles. The summed E-state index contributed by atoms with van der Waals surface area (Å²) in [5.74, 6) is 1.54. The quantitative estimate of drug-likeness (QED) is 0.0306. The van der Waals surface area contributed by atoms with E-state index in [0.717, 1.165) is 53.3 Å². The number of carbonyl (C=O) groups excluding carboxylic acids is 2. The minimum Gasteiger partial charge on any atom is -0.497 e. The summed E-state index contributed by atoms with van der Waals surface area (Å²) in [6, 6.07) is 28.8. The first-order valence-corrected chi connectivity index (χ1v) is 24.4. The van der Waals surface area contributed by atoms with E-state index in [1.165, 1.54) is 18.2 Å². The molecule has 17 nitrogen and oxygen atoms in total. The molecule has 1 heterocycles. The number of amides is 2. The third-order valence-electron chi connectivity index (χ3n) is 9.22. The molecular formula is C44H53FN5O12PS2. The van der Waals surface area contributed by atoms with Crippen LogP contribution in [0.2, 0.25) is 0 Å². The van der Waals surface area contributed by atoms with Crippen molar-refractivity contribution in [2.75, 3.05) is 59.8 Å². The normalized spacial score (nSPS) is 11.2. The third kappa shape index (κ3) is 19.5. The van der Waals surface area contributed by atoms with Crippen LogP contribution in [0.25, 0.3) is 10.1 Å². The van der Waals surface area contributed by atoms with Gasteiger partial charge in [-0.3, -0.25) is 4.57 Å². The highest BCUT2D eigenvalue weighted by Crippen LogP contribution is 2.35. The number of halogens is 1. The zero-order valence-electron chi connectivity index (χ0n) is 35.9. The standard InChI is InChI=1S/C37H49N4O12PS2.C7H4FN/c1-49-31-11-7-28(8-12-31)25-52-36(42)38-17-3-4-19-41(20-5-18-39-37(43)53-26-29-9-13-32(50-2)14-10-29)21-6-22-51-33-15-16-34-30(23-33)24-35(55-34)56(47,48)40-27-54(44,45)46;8-7-4-2-1-3-6(7)5-9/h7-16,23-24,40H,3-6,17-22,25-27H2,1-2H3,(H,38,42)(H,39,43)(H2,44,45,46);1-4H. The Morgan fingerprint density at radius 1 is 0.769 bits per heavy atom. The molecule has 5 aromatic rings. The van der Waals surface area contributed by atoms with Crippen LogP contribution in [-0.4, -0.2) is 95.1 Å². The number of hydrogen-bond acceptors (Lipinski definition) is 13. The molecule has 1 aromatic heterocycles.